The van der Waals surface area contributed by atoms with Crippen LogP contribution in [0.5, 0.6) is 0 Å². The fourth-order valence-electron chi connectivity index (χ4n) is 4.68. The molecule has 0 radical (unpaired) electrons. The number of nitrogens with one attached hydrogen (secondary N) is 1. The number of likely N-dealkylation sites (tertiary alicyclic amines) is 1. The summed E-state index contributed by atoms with van der Waals surface area (Å²) in [6.45, 7) is 3.40. The summed E-state index contributed by atoms with van der Waals surface area (Å²) < 4.78 is 0. The van der Waals surface area contributed by atoms with Crippen molar-refractivity contribution in [2.45, 2.75) is 44.9 Å². The predicted molar refractivity (Wildman–Crippen MR) is 87.6 cm³/mol. The lowest BCUT2D eigenvalue weighted by atomic mass is 9.67. The molecule has 2 saturated heterocycles. The van der Waals surface area contributed by atoms with Gasteiger partial charge in [0.2, 0.25) is 11.8 Å². The van der Waals surface area contributed by atoms with Gasteiger partial charge in [0.05, 0.1) is 5.41 Å². The van der Waals surface area contributed by atoms with Gasteiger partial charge in [-0.1, -0.05) is 12.8 Å². The van der Waals surface area contributed by atoms with E-state index in [2.05, 4.69) is 5.32 Å². The third-order valence-electron chi connectivity index (χ3n) is 5.76. The second-order valence-corrected chi connectivity index (χ2v) is 7.16. The Labute approximate surface area is 138 Å². The number of fused-ring (bicyclic) bond motifs is 1. The summed E-state index contributed by atoms with van der Waals surface area (Å²) in [7, 11) is 0. The van der Waals surface area contributed by atoms with Crippen molar-refractivity contribution in [1.29, 1.82) is 0 Å². The van der Waals surface area contributed by atoms with Crippen molar-refractivity contribution in [2.75, 3.05) is 26.2 Å². The number of carbonyl (C=O) groups is 2. The zero-order valence-electron chi connectivity index (χ0n) is 13.2. The van der Waals surface area contributed by atoms with E-state index in [0.29, 0.717) is 18.2 Å². The third kappa shape index (κ3) is 3.25. The molecule has 0 aromatic carbocycles. The van der Waals surface area contributed by atoms with Gasteiger partial charge in [-0.3, -0.25) is 9.59 Å². The molecule has 6 heteroatoms. The summed E-state index contributed by atoms with van der Waals surface area (Å²) in [4.78, 5) is 26.3. The number of primary amides is 1. The van der Waals surface area contributed by atoms with E-state index in [9.17, 15) is 9.59 Å². The number of nitrogens with two attached hydrogens (primary N) is 1. The molecule has 1 aliphatic carbocycles. The first kappa shape index (κ1) is 17.5. The molecule has 126 valence electrons. The zero-order valence-corrected chi connectivity index (χ0v) is 14.0. The van der Waals surface area contributed by atoms with Crippen LogP contribution in [0.15, 0.2) is 0 Å². The van der Waals surface area contributed by atoms with Crippen molar-refractivity contribution in [3.8, 4) is 0 Å². The summed E-state index contributed by atoms with van der Waals surface area (Å²) in [6, 6.07) is 0. The lowest BCUT2D eigenvalue weighted by molar-refractivity contribution is -0.147. The monoisotopic (exact) mass is 329 g/mol. The van der Waals surface area contributed by atoms with Crippen molar-refractivity contribution in [3.63, 3.8) is 0 Å². The van der Waals surface area contributed by atoms with E-state index in [1.165, 1.54) is 19.3 Å². The van der Waals surface area contributed by atoms with Gasteiger partial charge in [0.1, 0.15) is 0 Å². The Balaban J connectivity index is 0.00000176. The van der Waals surface area contributed by atoms with Gasteiger partial charge in [-0.25, -0.2) is 0 Å². The minimum Gasteiger partial charge on any atom is -0.370 e. The fourth-order valence-corrected chi connectivity index (χ4v) is 4.68. The average Bonchev–Trinajstić information content (AvgIpc) is 2.91. The van der Waals surface area contributed by atoms with Crippen molar-refractivity contribution in [3.05, 3.63) is 0 Å². The first-order chi connectivity index (χ1) is 10.1. The molecule has 1 unspecified atom stereocenters. The van der Waals surface area contributed by atoms with Gasteiger partial charge in [-0.05, 0) is 44.1 Å². The van der Waals surface area contributed by atoms with Crippen molar-refractivity contribution < 1.29 is 9.59 Å². The van der Waals surface area contributed by atoms with Gasteiger partial charge in [-0.15, -0.1) is 12.4 Å². The van der Waals surface area contributed by atoms with Crippen molar-refractivity contribution >= 4 is 24.2 Å². The average molecular weight is 330 g/mol. The van der Waals surface area contributed by atoms with E-state index in [0.717, 1.165) is 45.4 Å². The van der Waals surface area contributed by atoms with E-state index >= 15 is 0 Å². The molecule has 2 aliphatic heterocycles. The topological polar surface area (TPSA) is 75.4 Å². The minimum atomic E-state index is -0.245. The van der Waals surface area contributed by atoms with Gasteiger partial charge in [0, 0.05) is 26.1 Å². The molecule has 3 fully saturated rings. The standard InChI is InChI=1S/C16H27N3O2.ClH/c17-14(20)8-12-4-3-7-19(10-12)15(21)16-6-2-1-5-13(16)9-18-11-16;/h12-13,18H,1-11H2,(H2,17,20);1H/t12?,13-,16+;/m0./s1. The van der Waals surface area contributed by atoms with Gasteiger partial charge in [0.15, 0.2) is 0 Å². The lowest BCUT2D eigenvalue weighted by Gasteiger charge is -2.43. The Morgan fingerprint density at radius 3 is 2.82 bits per heavy atom. The van der Waals surface area contributed by atoms with Crippen LogP contribution < -0.4 is 11.1 Å². The van der Waals surface area contributed by atoms with E-state index in [-0.39, 0.29) is 29.6 Å². The van der Waals surface area contributed by atoms with Crippen LogP contribution in [-0.2, 0) is 9.59 Å². The number of carbonyl (C=O) groups excluding carboxylic acids is 2. The Bertz CT molecular complexity index is 432. The van der Waals surface area contributed by atoms with Crippen molar-refractivity contribution in [1.82, 2.24) is 10.2 Å². The Morgan fingerprint density at radius 2 is 2.05 bits per heavy atom. The predicted octanol–water partition coefficient (Wildman–Crippen LogP) is 1.30. The Morgan fingerprint density at radius 1 is 1.23 bits per heavy atom. The minimum absolute atomic E-state index is 0. The molecular weight excluding hydrogens is 302 g/mol. The van der Waals surface area contributed by atoms with Gasteiger partial charge >= 0.3 is 0 Å². The van der Waals surface area contributed by atoms with E-state index in [4.69, 9.17) is 5.73 Å². The highest BCUT2D eigenvalue weighted by molar-refractivity contribution is 5.85. The van der Waals surface area contributed by atoms with Crippen LogP contribution in [0.3, 0.4) is 0 Å². The second-order valence-electron chi connectivity index (χ2n) is 7.16. The number of piperidine rings is 1. The van der Waals surface area contributed by atoms with Gasteiger partial charge in [-0.2, -0.15) is 0 Å². The molecule has 3 rings (SSSR count). The van der Waals surface area contributed by atoms with Crippen molar-refractivity contribution in [2.24, 2.45) is 23.0 Å². The summed E-state index contributed by atoms with van der Waals surface area (Å²) in [5, 5.41) is 3.45. The molecule has 0 aromatic rings. The molecule has 3 N–H and O–H groups in total. The van der Waals surface area contributed by atoms with Gasteiger partial charge in [0.25, 0.3) is 0 Å². The summed E-state index contributed by atoms with van der Waals surface area (Å²) in [6.07, 6.45) is 7.06. The molecule has 5 nitrogen and oxygen atoms in total. The molecule has 2 heterocycles. The number of nitrogens with zero attached hydrogens (tertiary/aromatic N) is 1. The summed E-state index contributed by atoms with van der Waals surface area (Å²) in [5.41, 5.74) is 5.16. The fraction of sp³-hybridized carbons (Fsp3) is 0.875. The molecule has 2 amide bonds. The molecule has 3 atom stereocenters. The normalized spacial score (nSPS) is 34.6. The molecule has 1 saturated carbocycles. The molecule has 0 bridgehead atoms. The quantitative estimate of drug-likeness (QED) is 0.819. The highest BCUT2D eigenvalue weighted by Gasteiger charge is 2.51. The zero-order chi connectivity index (χ0) is 14.9. The number of rotatable bonds is 3. The Hall–Kier alpha value is -0.810. The summed E-state index contributed by atoms with van der Waals surface area (Å²) in [5.74, 6) is 0.861. The SMILES string of the molecule is Cl.NC(=O)CC1CCCN(C(=O)[C@@]23CCCC[C@H]2CNC3)C1. The lowest BCUT2D eigenvalue weighted by Crippen LogP contribution is -2.52. The van der Waals surface area contributed by atoms with Crippen LogP contribution in [0, 0.1) is 17.3 Å². The van der Waals surface area contributed by atoms with Crippen LogP contribution >= 0.6 is 12.4 Å². The summed E-state index contributed by atoms with van der Waals surface area (Å²) >= 11 is 0. The van der Waals surface area contributed by atoms with E-state index < -0.39 is 0 Å². The number of hydrogen-bond donors (Lipinski definition) is 2. The molecular formula is C16H28ClN3O2. The number of hydrogen-bond acceptors (Lipinski definition) is 3. The Kier molecular flexibility index (Phi) is 5.72. The molecule has 0 spiro atoms. The van der Waals surface area contributed by atoms with Crippen LogP contribution in [-0.4, -0.2) is 42.9 Å². The highest BCUT2D eigenvalue weighted by Crippen LogP contribution is 2.45. The number of amides is 2. The molecule has 0 aromatic heterocycles. The maximum Gasteiger partial charge on any atom is 0.230 e. The first-order valence-electron chi connectivity index (χ1n) is 8.40. The van der Waals surface area contributed by atoms with Crippen LogP contribution in [0.1, 0.15) is 44.9 Å². The van der Waals surface area contributed by atoms with E-state index in [1.807, 2.05) is 4.90 Å². The smallest absolute Gasteiger partial charge is 0.230 e. The maximum absolute atomic E-state index is 13.2. The van der Waals surface area contributed by atoms with Gasteiger partial charge < -0.3 is 16.0 Å². The van der Waals surface area contributed by atoms with Crippen LogP contribution in [0.4, 0.5) is 0 Å². The van der Waals surface area contributed by atoms with Crippen LogP contribution in [0.25, 0.3) is 0 Å². The molecule has 3 aliphatic rings. The van der Waals surface area contributed by atoms with E-state index in [1.54, 1.807) is 0 Å². The third-order valence-corrected chi connectivity index (χ3v) is 5.76. The molecule has 22 heavy (non-hydrogen) atoms. The first-order valence-corrected chi connectivity index (χ1v) is 8.40. The van der Waals surface area contributed by atoms with Crippen LogP contribution in [0.2, 0.25) is 0 Å². The number of halogens is 1. The highest BCUT2D eigenvalue weighted by atomic mass is 35.5. The largest absolute Gasteiger partial charge is 0.370 e. The second kappa shape index (κ2) is 7.18. The maximum atomic E-state index is 13.2.